The zero-order chi connectivity index (χ0) is 14.5. The number of nitrogens with one attached hydrogen (secondary N) is 1. The zero-order valence-electron chi connectivity index (χ0n) is 11.3. The Kier molecular flexibility index (Phi) is 4.87. The van der Waals surface area contributed by atoms with Gasteiger partial charge >= 0.3 is 0 Å². The third-order valence-corrected chi connectivity index (χ3v) is 2.77. The minimum Gasteiger partial charge on any atom is -0.378 e. The molecular weight excluding hydrogens is 281 g/mol. The van der Waals surface area contributed by atoms with Gasteiger partial charge in [0.05, 0.1) is 12.3 Å². The molecule has 0 radical (unpaired) electrons. The standard InChI is InChI=1S/C14H15ClFN3O/c1-3-17-13-7-12(8-20-2)18-14(19-13)9-4-10(15)6-11(16)5-9/h4-7H,3,8H2,1-2H3,(H,17,18,19). The van der Waals surface area contributed by atoms with Gasteiger partial charge in [0.1, 0.15) is 11.6 Å². The van der Waals surface area contributed by atoms with Crippen LogP contribution in [-0.4, -0.2) is 23.6 Å². The van der Waals surface area contributed by atoms with Crippen LogP contribution in [0.3, 0.4) is 0 Å². The third-order valence-electron chi connectivity index (χ3n) is 2.55. The average molecular weight is 296 g/mol. The molecule has 6 heteroatoms. The first-order valence-corrected chi connectivity index (χ1v) is 6.57. The van der Waals surface area contributed by atoms with Crippen molar-refractivity contribution in [3.63, 3.8) is 0 Å². The molecule has 106 valence electrons. The first-order chi connectivity index (χ1) is 9.62. The van der Waals surface area contributed by atoms with Gasteiger partial charge in [-0.05, 0) is 25.1 Å². The smallest absolute Gasteiger partial charge is 0.161 e. The average Bonchev–Trinajstić information content (AvgIpc) is 2.38. The monoisotopic (exact) mass is 295 g/mol. The Morgan fingerprint density at radius 1 is 1.25 bits per heavy atom. The van der Waals surface area contributed by atoms with Crippen molar-refractivity contribution in [3.05, 3.63) is 40.8 Å². The second-order valence-corrected chi connectivity index (χ2v) is 4.63. The topological polar surface area (TPSA) is 47.0 Å². The lowest BCUT2D eigenvalue weighted by Gasteiger charge is -2.09. The van der Waals surface area contributed by atoms with E-state index in [1.807, 2.05) is 6.92 Å². The second kappa shape index (κ2) is 6.63. The van der Waals surface area contributed by atoms with Crippen LogP contribution in [0.15, 0.2) is 24.3 Å². The summed E-state index contributed by atoms with van der Waals surface area (Å²) in [6.07, 6.45) is 0. The molecule has 0 saturated carbocycles. The lowest BCUT2D eigenvalue weighted by molar-refractivity contribution is 0.181. The van der Waals surface area contributed by atoms with E-state index in [0.717, 1.165) is 6.54 Å². The molecular formula is C14H15ClFN3O. The first-order valence-electron chi connectivity index (χ1n) is 6.19. The van der Waals surface area contributed by atoms with Crippen LogP contribution in [0.1, 0.15) is 12.6 Å². The Morgan fingerprint density at radius 3 is 2.70 bits per heavy atom. The Labute approximate surface area is 122 Å². The first kappa shape index (κ1) is 14.7. The maximum atomic E-state index is 13.4. The Balaban J connectivity index is 2.48. The summed E-state index contributed by atoms with van der Waals surface area (Å²) < 4.78 is 18.5. The summed E-state index contributed by atoms with van der Waals surface area (Å²) in [7, 11) is 1.59. The van der Waals surface area contributed by atoms with Gasteiger partial charge in [0.15, 0.2) is 5.82 Å². The summed E-state index contributed by atoms with van der Waals surface area (Å²) in [5.74, 6) is 0.667. The van der Waals surface area contributed by atoms with E-state index in [2.05, 4.69) is 15.3 Å². The third kappa shape index (κ3) is 3.65. The van der Waals surface area contributed by atoms with Gasteiger partial charge in [-0.15, -0.1) is 0 Å². The molecule has 2 rings (SSSR count). The fourth-order valence-corrected chi connectivity index (χ4v) is 2.02. The van der Waals surface area contributed by atoms with Gasteiger partial charge < -0.3 is 10.1 Å². The number of hydrogen-bond acceptors (Lipinski definition) is 4. The fraction of sp³-hybridized carbons (Fsp3) is 0.286. The quantitative estimate of drug-likeness (QED) is 0.917. The minimum atomic E-state index is -0.418. The maximum Gasteiger partial charge on any atom is 0.161 e. The number of anilines is 1. The number of rotatable bonds is 5. The van der Waals surface area contributed by atoms with E-state index < -0.39 is 5.82 Å². The van der Waals surface area contributed by atoms with Crippen LogP contribution in [0.25, 0.3) is 11.4 Å². The normalized spacial score (nSPS) is 10.6. The molecule has 0 spiro atoms. The van der Waals surface area contributed by atoms with Crippen molar-refractivity contribution in [2.75, 3.05) is 19.0 Å². The number of halogens is 2. The van der Waals surface area contributed by atoms with E-state index in [1.165, 1.54) is 12.1 Å². The Bertz CT molecular complexity index is 562. The summed E-state index contributed by atoms with van der Waals surface area (Å²) in [6.45, 7) is 3.06. The molecule has 0 amide bonds. The molecule has 0 atom stereocenters. The second-order valence-electron chi connectivity index (χ2n) is 4.19. The number of ether oxygens (including phenoxy) is 1. The lowest BCUT2D eigenvalue weighted by atomic mass is 10.2. The van der Waals surface area contributed by atoms with E-state index in [1.54, 1.807) is 19.2 Å². The molecule has 0 aliphatic rings. The van der Waals surface area contributed by atoms with Crippen molar-refractivity contribution in [1.82, 2.24) is 9.97 Å². The summed E-state index contributed by atoms with van der Waals surface area (Å²) in [5, 5.41) is 3.42. The number of aromatic nitrogens is 2. The molecule has 0 unspecified atom stereocenters. The highest BCUT2D eigenvalue weighted by Gasteiger charge is 2.09. The van der Waals surface area contributed by atoms with Gasteiger partial charge in [-0.1, -0.05) is 11.6 Å². The predicted molar refractivity (Wildman–Crippen MR) is 77.3 cm³/mol. The number of benzene rings is 1. The molecule has 1 aromatic carbocycles. The highest BCUT2D eigenvalue weighted by molar-refractivity contribution is 6.30. The summed E-state index contributed by atoms with van der Waals surface area (Å²) in [5.41, 5.74) is 1.25. The van der Waals surface area contributed by atoms with Gasteiger partial charge in [0, 0.05) is 30.3 Å². The molecule has 0 saturated heterocycles. The molecule has 1 N–H and O–H groups in total. The summed E-state index contributed by atoms with van der Waals surface area (Å²) >= 11 is 5.87. The van der Waals surface area contributed by atoms with Crippen LogP contribution in [0.5, 0.6) is 0 Å². The molecule has 0 bridgehead atoms. The van der Waals surface area contributed by atoms with Gasteiger partial charge in [-0.25, -0.2) is 14.4 Å². The largest absolute Gasteiger partial charge is 0.378 e. The number of methoxy groups -OCH3 is 1. The van der Waals surface area contributed by atoms with E-state index >= 15 is 0 Å². The van der Waals surface area contributed by atoms with Crippen LogP contribution in [0.4, 0.5) is 10.2 Å². The van der Waals surface area contributed by atoms with Gasteiger partial charge in [-0.2, -0.15) is 0 Å². The van der Waals surface area contributed by atoms with Crippen molar-refractivity contribution in [3.8, 4) is 11.4 Å². The van der Waals surface area contributed by atoms with Crippen LogP contribution in [-0.2, 0) is 11.3 Å². The fourth-order valence-electron chi connectivity index (χ4n) is 1.80. The Morgan fingerprint density at radius 2 is 2.05 bits per heavy atom. The van der Waals surface area contributed by atoms with Crippen molar-refractivity contribution < 1.29 is 9.13 Å². The molecule has 1 aromatic heterocycles. The van der Waals surface area contributed by atoms with Crippen LogP contribution < -0.4 is 5.32 Å². The van der Waals surface area contributed by atoms with Crippen molar-refractivity contribution in [2.24, 2.45) is 0 Å². The molecule has 0 aliphatic carbocycles. The zero-order valence-corrected chi connectivity index (χ0v) is 12.0. The van der Waals surface area contributed by atoms with E-state index in [9.17, 15) is 4.39 Å². The van der Waals surface area contributed by atoms with Crippen molar-refractivity contribution in [2.45, 2.75) is 13.5 Å². The highest BCUT2D eigenvalue weighted by Crippen LogP contribution is 2.23. The number of nitrogens with zero attached hydrogens (tertiary/aromatic N) is 2. The van der Waals surface area contributed by atoms with E-state index in [0.29, 0.717) is 34.5 Å². The van der Waals surface area contributed by atoms with Crippen molar-refractivity contribution >= 4 is 17.4 Å². The molecule has 2 aromatic rings. The van der Waals surface area contributed by atoms with E-state index in [-0.39, 0.29) is 0 Å². The van der Waals surface area contributed by atoms with E-state index in [4.69, 9.17) is 16.3 Å². The summed E-state index contributed by atoms with van der Waals surface area (Å²) in [6, 6.07) is 6.03. The SMILES string of the molecule is CCNc1cc(COC)nc(-c2cc(F)cc(Cl)c2)n1. The summed E-state index contributed by atoms with van der Waals surface area (Å²) in [4.78, 5) is 8.71. The van der Waals surface area contributed by atoms with Gasteiger partial charge in [0.25, 0.3) is 0 Å². The van der Waals surface area contributed by atoms with Gasteiger partial charge in [-0.3, -0.25) is 0 Å². The highest BCUT2D eigenvalue weighted by atomic mass is 35.5. The molecule has 1 heterocycles. The lowest BCUT2D eigenvalue weighted by Crippen LogP contribution is -2.04. The predicted octanol–water partition coefficient (Wildman–Crippen LogP) is 3.51. The molecule has 0 fully saturated rings. The minimum absolute atomic E-state index is 0.311. The maximum absolute atomic E-state index is 13.4. The number of hydrogen-bond donors (Lipinski definition) is 1. The Hall–Kier alpha value is -1.72. The molecule has 0 aliphatic heterocycles. The molecule has 20 heavy (non-hydrogen) atoms. The van der Waals surface area contributed by atoms with Crippen LogP contribution >= 0.6 is 11.6 Å². The van der Waals surface area contributed by atoms with Gasteiger partial charge in [0.2, 0.25) is 0 Å². The molecule has 4 nitrogen and oxygen atoms in total. The van der Waals surface area contributed by atoms with Crippen LogP contribution in [0, 0.1) is 5.82 Å². The van der Waals surface area contributed by atoms with Crippen LogP contribution in [0.2, 0.25) is 5.02 Å². The van der Waals surface area contributed by atoms with Crippen molar-refractivity contribution in [1.29, 1.82) is 0 Å².